The van der Waals surface area contributed by atoms with Crippen LogP contribution in [0.15, 0.2) is 0 Å². The minimum Gasteiger partial charge on any atom is -0.492 e. The van der Waals surface area contributed by atoms with E-state index in [4.69, 9.17) is 10.5 Å². The van der Waals surface area contributed by atoms with Crippen molar-refractivity contribution >= 4 is 27.8 Å². The van der Waals surface area contributed by atoms with Crippen molar-refractivity contribution in [3.8, 4) is 5.75 Å². The molecule has 0 aliphatic heterocycles. The average Bonchev–Trinajstić information content (AvgIpc) is 2.71. The van der Waals surface area contributed by atoms with Crippen molar-refractivity contribution in [3.05, 3.63) is 4.88 Å². The maximum atomic E-state index is 11.8. The molecule has 1 heterocycles. The predicted molar refractivity (Wildman–Crippen MR) is 81.5 cm³/mol. The third-order valence-electron chi connectivity index (χ3n) is 3.12. The largest absolute Gasteiger partial charge is 0.492 e. The zero-order valence-corrected chi connectivity index (χ0v) is 13.1. The van der Waals surface area contributed by atoms with Gasteiger partial charge >= 0.3 is 0 Å². The van der Waals surface area contributed by atoms with Gasteiger partial charge in [-0.05, 0) is 21.0 Å². The van der Waals surface area contributed by atoms with E-state index in [1.165, 1.54) is 11.3 Å². The molecule has 0 radical (unpaired) electrons. The standard InChI is InChI=1S/C13H23N3O2S/c1-6-9(17)12-10(14)11(18-5)13(19-12)15-7-8(2)16(3)4/h8,15H,6-7,14H2,1-5H3. The summed E-state index contributed by atoms with van der Waals surface area (Å²) in [6, 6.07) is 0.373. The Morgan fingerprint density at radius 1 is 1.53 bits per heavy atom. The Morgan fingerprint density at radius 2 is 2.16 bits per heavy atom. The summed E-state index contributed by atoms with van der Waals surface area (Å²) in [4.78, 5) is 14.5. The third kappa shape index (κ3) is 3.61. The number of methoxy groups -OCH3 is 1. The van der Waals surface area contributed by atoms with Crippen molar-refractivity contribution in [3.63, 3.8) is 0 Å². The zero-order valence-electron chi connectivity index (χ0n) is 12.2. The van der Waals surface area contributed by atoms with E-state index in [1.54, 1.807) is 7.11 Å². The summed E-state index contributed by atoms with van der Waals surface area (Å²) in [7, 11) is 5.62. The number of Topliss-reactive ketones (excluding diaryl/α,β-unsaturated/α-hetero) is 1. The fraction of sp³-hybridized carbons (Fsp3) is 0.615. The van der Waals surface area contributed by atoms with Crippen LogP contribution in [0.2, 0.25) is 0 Å². The van der Waals surface area contributed by atoms with Gasteiger partial charge in [-0.25, -0.2) is 0 Å². The van der Waals surface area contributed by atoms with Gasteiger partial charge in [0.2, 0.25) is 0 Å². The number of nitrogens with two attached hydrogens (primary N) is 1. The van der Waals surface area contributed by atoms with Gasteiger partial charge in [0, 0.05) is 19.0 Å². The first-order chi connectivity index (χ1) is 8.92. The molecule has 1 aromatic heterocycles. The molecule has 6 heteroatoms. The van der Waals surface area contributed by atoms with E-state index in [9.17, 15) is 4.79 Å². The Bertz CT molecular complexity index is 443. The monoisotopic (exact) mass is 285 g/mol. The Kier molecular flexibility index (Phi) is 5.62. The van der Waals surface area contributed by atoms with Crippen LogP contribution in [0.5, 0.6) is 5.75 Å². The van der Waals surface area contributed by atoms with Gasteiger partial charge < -0.3 is 20.7 Å². The molecule has 1 rings (SSSR count). The normalized spacial score (nSPS) is 12.5. The topological polar surface area (TPSA) is 67.6 Å². The minimum atomic E-state index is 0.0505. The summed E-state index contributed by atoms with van der Waals surface area (Å²) >= 11 is 1.37. The molecule has 0 fully saturated rings. The number of carbonyl (C=O) groups is 1. The summed E-state index contributed by atoms with van der Waals surface area (Å²) < 4.78 is 5.30. The van der Waals surface area contributed by atoms with Crippen LogP contribution in [0.3, 0.4) is 0 Å². The van der Waals surface area contributed by atoms with Crippen molar-refractivity contribution in [2.45, 2.75) is 26.3 Å². The van der Waals surface area contributed by atoms with E-state index in [0.717, 1.165) is 11.5 Å². The van der Waals surface area contributed by atoms with Crippen LogP contribution in [0.25, 0.3) is 0 Å². The lowest BCUT2D eigenvalue weighted by atomic mass is 10.2. The summed E-state index contributed by atoms with van der Waals surface area (Å²) in [6.45, 7) is 4.72. The lowest BCUT2D eigenvalue weighted by Gasteiger charge is -2.20. The molecular formula is C13H23N3O2S. The number of hydrogen-bond donors (Lipinski definition) is 2. The van der Waals surface area contributed by atoms with E-state index in [0.29, 0.717) is 28.8 Å². The first-order valence-corrected chi connectivity index (χ1v) is 7.13. The molecule has 0 saturated heterocycles. The van der Waals surface area contributed by atoms with Crippen LogP contribution in [-0.4, -0.2) is 44.5 Å². The maximum Gasteiger partial charge on any atom is 0.176 e. The number of ketones is 1. The number of nitrogens with one attached hydrogen (secondary N) is 1. The van der Waals surface area contributed by atoms with Gasteiger partial charge in [-0.1, -0.05) is 6.92 Å². The van der Waals surface area contributed by atoms with Crippen LogP contribution in [0.4, 0.5) is 10.7 Å². The Morgan fingerprint density at radius 3 is 2.63 bits per heavy atom. The van der Waals surface area contributed by atoms with Crippen LogP contribution in [0, 0.1) is 0 Å². The van der Waals surface area contributed by atoms with Crippen molar-refractivity contribution in [2.24, 2.45) is 0 Å². The lowest BCUT2D eigenvalue weighted by molar-refractivity contribution is 0.0992. The van der Waals surface area contributed by atoms with E-state index in [1.807, 2.05) is 21.0 Å². The van der Waals surface area contributed by atoms with Crippen LogP contribution in [0.1, 0.15) is 29.9 Å². The molecule has 0 bridgehead atoms. The Labute approximate surface area is 118 Å². The zero-order chi connectivity index (χ0) is 14.6. The van der Waals surface area contributed by atoms with E-state index in [2.05, 4.69) is 17.1 Å². The highest BCUT2D eigenvalue weighted by molar-refractivity contribution is 7.19. The van der Waals surface area contributed by atoms with Crippen molar-refractivity contribution in [2.75, 3.05) is 38.8 Å². The maximum absolute atomic E-state index is 11.8. The quantitative estimate of drug-likeness (QED) is 0.752. The molecule has 19 heavy (non-hydrogen) atoms. The summed E-state index contributed by atoms with van der Waals surface area (Å²) in [5.74, 6) is 0.627. The number of likely N-dealkylation sites (N-methyl/N-ethyl adjacent to an activating group) is 1. The molecule has 0 aromatic carbocycles. The van der Waals surface area contributed by atoms with E-state index >= 15 is 0 Å². The smallest absolute Gasteiger partial charge is 0.176 e. The van der Waals surface area contributed by atoms with Crippen LogP contribution in [-0.2, 0) is 0 Å². The summed E-state index contributed by atoms with van der Waals surface area (Å²) in [5, 5.41) is 4.13. The molecule has 0 saturated carbocycles. The molecule has 0 aliphatic carbocycles. The molecular weight excluding hydrogens is 262 g/mol. The average molecular weight is 285 g/mol. The Balaban J connectivity index is 2.91. The van der Waals surface area contributed by atoms with Gasteiger partial charge in [0.15, 0.2) is 11.5 Å². The fourth-order valence-electron chi connectivity index (χ4n) is 1.54. The van der Waals surface area contributed by atoms with Crippen molar-refractivity contribution in [1.29, 1.82) is 0 Å². The number of anilines is 2. The van der Waals surface area contributed by atoms with E-state index in [-0.39, 0.29) is 5.78 Å². The van der Waals surface area contributed by atoms with Gasteiger partial charge in [-0.15, -0.1) is 11.3 Å². The first-order valence-electron chi connectivity index (χ1n) is 6.32. The number of thiophene rings is 1. The molecule has 1 aromatic rings. The molecule has 3 N–H and O–H groups in total. The van der Waals surface area contributed by atoms with E-state index < -0.39 is 0 Å². The number of nitrogens with zero attached hydrogens (tertiary/aromatic N) is 1. The van der Waals surface area contributed by atoms with Crippen molar-refractivity contribution in [1.82, 2.24) is 4.90 Å². The second kappa shape index (κ2) is 6.77. The van der Waals surface area contributed by atoms with Gasteiger partial charge in [0.1, 0.15) is 5.00 Å². The Hall–Kier alpha value is -1.27. The molecule has 0 spiro atoms. The van der Waals surface area contributed by atoms with Gasteiger partial charge in [0.25, 0.3) is 0 Å². The van der Waals surface area contributed by atoms with Gasteiger partial charge in [-0.3, -0.25) is 4.79 Å². The molecule has 108 valence electrons. The molecule has 1 unspecified atom stereocenters. The molecule has 0 amide bonds. The number of rotatable bonds is 7. The lowest BCUT2D eigenvalue weighted by Crippen LogP contribution is -2.31. The predicted octanol–water partition coefficient (Wildman–Crippen LogP) is 2.29. The first kappa shape index (κ1) is 15.8. The highest BCUT2D eigenvalue weighted by Crippen LogP contribution is 2.42. The SMILES string of the molecule is CCC(=O)c1sc(NCC(C)N(C)C)c(OC)c1N. The summed E-state index contributed by atoms with van der Waals surface area (Å²) in [5.41, 5.74) is 6.42. The molecule has 5 nitrogen and oxygen atoms in total. The second-order valence-corrected chi connectivity index (χ2v) is 5.70. The molecule has 0 aliphatic rings. The van der Waals surface area contributed by atoms with Crippen molar-refractivity contribution < 1.29 is 9.53 Å². The number of hydrogen-bond acceptors (Lipinski definition) is 6. The summed E-state index contributed by atoms with van der Waals surface area (Å²) in [6.07, 6.45) is 0.446. The number of nitrogen functional groups attached to an aromatic ring is 1. The minimum absolute atomic E-state index is 0.0505. The van der Waals surface area contributed by atoms with Gasteiger partial charge in [0.05, 0.1) is 17.7 Å². The van der Waals surface area contributed by atoms with Crippen LogP contribution < -0.4 is 15.8 Å². The highest BCUT2D eigenvalue weighted by Gasteiger charge is 2.21. The second-order valence-electron chi connectivity index (χ2n) is 4.68. The van der Waals surface area contributed by atoms with Gasteiger partial charge in [-0.2, -0.15) is 0 Å². The van der Waals surface area contributed by atoms with Crippen LogP contribution >= 0.6 is 11.3 Å². The number of ether oxygens (including phenoxy) is 1. The molecule has 1 atom stereocenters. The fourth-order valence-corrected chi connectivity index (χ4v) is 2.64. The highest BCUT2D eigenvalue weighted by atomic mass is 32.1. The third-order valence-corrected chi connectivity index (χ3v) is 4.30. The number of carbonyl (C=O) groups excluding carboxylic acids is 1.